The molecule has 0 bridgehead atoms. The second kappa shape index (κ2) is 10.9. The average Bonchev–Trinajstić information content (AvgIpc) is 3.15. The summed E-state index contributed by atoms with van der Waals surface area (Å²) in [6, 6.07) is 4.61. The van der Waals surface area contributed by atoms with Crippen LogP contribution in [0.4, 0.5) is 0 Å². The zero-order chi connectivity index (χ0) is 24.9. The molecule has 3 heterocycles. The molecule has 11 heteroatoms. The van der Waals surface area contributed by atoms with E-state index in [2.05, 4.69) is 9.97 Å². The van der Waals surface area contributed by atoms with Crippen LogP contribution in [0.3, 0.4) is 0 Å². The maximum absolute atomic E-state index is 12.7. The molecule has 1 fully saturated rings. The van der Waals surface area contributed by atoms with Gasteiger partial charge in [0, 0.05) is 18.0 Å². The van der Waals surface area contributed by atoms with Gasteiger partial charge in [0.2, 0.25) is 0 Å². The summed E-state index contributed by atoms with van der Waals surface area (Å²) in [5.74, 6) is 0.194. The van der Waals surface area contributed by atoms with E-state index in [-0.39, 0.29) is 36.1 Å². The Kier molecular flexibility index (Phi) is 7.67. The van der Waals surface area contributed by atoms with E-state index in [4.69, 9.17) is 18.9 Å². The van der Waals surface area contributed by atoms with Crippen LogP contribution in [-0.4, -0.2) is 66.3 Å². The smallest absolute Gasteiger partial charge is 0.338 e. The number of nitrogens with one attached hydrogen (secondary N) is 1. The number of rotatable bonds is 8. The van der Waals surface area contributed by atoms with Gasteiger partial charge in [0.15, 0.2) is 18.1 Å². The van der Waals surface area contributed by atoms with Gasteiger partial charge in [-0.05, 0) is 44.5 Å². The number of aryl methyl sites for hydroxylation is 2. The quantitative estimate of drug-likeness (QED) is 0.468. The van der Waals surface area contributed by atoms with Crippen LogP contribution >= 0.6 is 11.3 Å². The highest BCUT2D eigenvalue weighted by Crippen LogP contribution is 2.29. The molecular formula is C24H27N3O7S. The van der Waals surface area contributed by atoms with Crippen molar-refractivity contribution in [2.45, 2.75) is 27.4 Å². The molecule has 1 saturated heterocycles. The lowest BCUT2D eigenvalue weighted by atomic mass is 10.2. The van der Waals surface area contributed by atoms with Crippen molar-refractivity contribution < 1.29 is 28.5 Å². The van der Waals surface area contributed by atoms with E-state index in [1.54, 1.807) is 17.9 Å². The number of hydrogen-bond donors (Lipinski definition) is 1. The summed E-state index contributed by atoms with van der Waals surface area (Å²) in [7, 11) is 0. The minimum atomic E-state index is -0.608. The van der Waals surface area contributed by atoms with E-state index in [0.717, 1.165) is 10.4 Å². The van der Waals surface area contributed by atoms with E-state index >= 15 is 0 Å². The first kappa shape index (κ1) is 24.7. The third kappa shape index (κ3) is 5.63. The summed E-state index contributed by atoms with van der Waals surface area (Å²) in [6.45, 7) is 7.72. The molecule has 0 spiro atoms. The first-order chi connectivity index (χ1) is 16.9. The summed E-state index contributed by atoms with van der Waals surface area (Å²) in [5.41, 5.74) is 0.890. The fourth-order valence-corrected chi connectivity index (χ4v) is 4.70. The molecule has 10 nitrogen and oxygen atoms in total. The van der Waals surface area contributed by atoms with Crippen LogP contribution in [0.2, 0.25) is 0 Å². The van der Waals surface area contributed by atoms with E-state index in [1.807, 2.05) is 13.8 Å². The number of nitrogens with zero attached hydrogens (tertiary/aromatic N) is 2. The highest BCUT2D eigenvalue weighted by molar-refractivity contribution is 7.18. The minimum Gasteiger partial charge on any atom is -0.490 e. The molecular weight excluding hydrogens is 474 g/mol. The van der Waals surface area contributed by atoms with Crippen LogP contribution in [0.25, 0.3) is 10.2 Å². The van der Waals surface area contributed by atoms with Crippen LogP contribution < -0.4 is 15.0 Å². The van der Waals surface area contributed by atoms with Crippen molar-refractivity contribution in [3.8, 4) is 11.5 Å². The molecule has 35 heavy (non-hydrogen) atoms. The molecule has 0 radical (unpaired) electrons. The van der Waals surface area contributed by atoms with Gasteiger partial charge in [-0.2, -0.15) is 0 Å². The Balaban J connectivity index is 1.42. The maximum Gasteiger partial charge on any atom is 0.338 e. The second-order valence-corrected chi connectivity index (χ2v) is 9.13. The van der Waals surface area contributed by atoms with Gasteiger partial charge in [0.1, 0.15) is 17.3 Å². The molecule has 2 aromatic heterocycles. The molecule has 3 aromatic rings. The number of hydrogen-bond acceptors (Lipinski definition) is 9. The average molecular weight is 502 g/mol. The SMILES string of the molecule is CCOc1cc(C(=O)OCc2nc3sc(C)c(C)c3c(=O)[nH]2)ccc1OCC(=O)N1CCOCC1. The summed E-state index contributed by atoms with van der Waals surface area (Å²) in [4.78, 5) is 47.9. The Morgan fingerprint density at radius 1 is 1.17 bits per heavy atom. The van der Waals surface area contributed by atoms with Crippen molar-refractivity contribution in [3.05, 3.63) is 50.4 Å². The van der Waals surface area contributed by atoms with Crippen molar-refractivity contribution in [1.82, 2.24) is 14.9 Å². The molecule has 0 atom stereocenters. The van der Waals surface area contributed by atoms with Gasteiger partial charge >= 0.3 is 5.97 Å². The summed E-state index contributed by atoms with van der Waals surface area (Å²) in [5, 5.41) is 0.562. The zero-order valence-corrected chi connectivity index (χ0v) is 20.7. The third-order valence-electron chi connectivity index (χ3n) is 5.62. The fraction of sp³-hybridized carbons (Fsp3) is 0.417. The number of thiophene rings is 1. The summed E-state index contributed by atoms with van der Waals surface area (Å²) < 4.78 is 21.9. The van der Waals surface area contributed by atoms with E-state index in [9.17, 15) is 14.4 Å². The Morgan fingerprint density at radius 2 is 1.94 bits per heavy atom. The van der Waals surface area contributed by atoms with Crippen molar-refractivity contribution in [3.63, 3.8) is 0 Å². The number of H-pyrrole nitrogens is 1. The van der Waals surface area contributed by atoms with Crippen LogP contribution in [0, 0.1) is 13.8 Å². The molecule has 1 aliphatic rings. The van der Waals surface area contributed by atoms with Crippen molar-refractivity contribution in [2.75, 3.05) is 39.5 Å². The molecule has 0 unspecified atom stereocenters. The van der Waals surface area contributed by atoms with Gasteiger partial charge < -0.3 is 28.8 Å². The number of aromatic amines is 1. The van der Waals surface area contributed by atoms with Crippen molar-refractivity contribution in [2.24, 2.45) is 0 Å². The summed E-state index contributed by atoms with van der Waals surface area (Å²) in [6.07, 6.45) is 0. The standard InChI is InChI=1S/C24H27N3O7S/c1-4-32-18-11-16(5-6-17(18)33-13-20(28)27-7-9-31-10-8-27)24(30)34-12-19-25-22(29)21-14(2)15(3)35-23(21)26-19/h5-6,11H,4,7-10,12-13H2,1-3H3,(H,25,26,29). The molecule has 1 aliphatic heterocycles. The lowest BCUT2D eigenvalue weighted by Crippen LogP contribution is -2.43. The number of fused-ring (bicyclic) bond motifs is 1. The normalized spacial score (nSPS) is 13.6. The van der Waals surface area contributed by atoms with Crippen molar-refractivity contribution >= 4 is 33.4 Å². The Hall–Kier alpha value is -3.44. The van der Waals surface area contributed by atoms with Gasteiger partial charge in [-0.1, -0.05) is 0 Å². The van der Waals surface area contributed by atoms with Gasteiger partial charge in [-0.15, -0.1) is 11.3 Å². The molecule has 1 aromatic carbocycles. The zero-order valence-electron chi connectivity index (χ0n) is 19.8. The van der Waals surface area contributed by atoms with Crippen LogP contribution in [0.1, 0.15) is 33.5 Å². The number of benzene rings is 1. The highest BCUT2D eigenvalue weighted by atomic mass is 32.1. The maximum atomic E-state index is 12.7. The molecule has 1 N–H and O–H groups in total. The molecule has 0 aliphatic carbocycles. The monoisotopic (exact) mass is 501 g/mol. The molecule has 4 rings (SSSR count). The fourth-order valence-electron chi connectivity index (χ4n) is 3.65. The number of ether oxygens (including phenoxy) is 4. The predicted molar refractivity (Wildman–Crippen MR) is 129 cm³/mol. The Bertz CT molecular complexity index is 1290. The molecule has 1 amide bonds. The van der Waals surface area contributed by atoms with Crippen LogP contribution in [0.15, 0.2) is 23.0 Å². The third-order valence-corrected chi connectivity index (χ3v) is 6.72. The molecule has 186 valence electrons. The largest absolute Gasteiger partial charge is 0.490 e. The number of morpholine rings is 1. The van der Waals surface area contributed by atoms with Gasteiger partial charge in [-0.3, -0.25) is 9.59 Å². The van der Waals surface area contributed by atoms with E-state index in [1.165, 1.54) is 23.5 Å². The van der Waals surface area contributed by atoms with E-state index < -0.39 is 5.97 Å². The van der Waals surface area contributed by atoms with Crippen molar-refractivity contribution in [1.29, 1.82) is 0 Å². The number of carbonyl (C=O) groups excluding carboxylic acids is 2. The van der Waals surface area contributed by atoms with Crippen LogP contribution in [0.5, 0.6) is 11.5 Å². The number of amides is 1. The first-order valence-electron chi connectivity index (χ1n) is 11.3. The molecule has 0 saturated carbocycles. The number of aromatic nitrogens is 2. The first-order valence-corrected chi connectivity index (χ1v) is 12.1. The number of carbonyl (C=O) groups is 2. The van der Waals surface area contributed by atoms with Gasteiger partial charge in [0.05, 0.1) is 30.8 Å². The Labute approximate surface area is 205 Å². The van der Waals surface area contributed by atoms with Crippen LogP contribution in [-0.2, 0) is 20.9 Å². The predicted octanol–water partition coefficient (Wildman–Crippen LogP) is 2.59. The van der Waals surface area contributed by atoms with E-state index in [0.29, 0.717) is 54.6 Å². The van der Waals surface area contributed by atoms with Gasteiger partial charge in [0.25, 0.3) is 11.5 Å². The number of esters is 1. The topological polar surface area (TPSA) is 120 Å². The second-order valence-electron chi connectivity index (χ2n) is 7.93. The summed E-state index contributed by atoms with van der Waals surface area (Å²) >= 11 is 1.43. The highest BCUT2D eigenvalue weighted by Gasteiger charge is 2.19. The lowest BCUT2D eigenvalue weighted by molar-refractivity contribution is -0.137. The lowest BCUT2D eigenvalue weighted by Gasteiger charge is -2.26. The Morgan fingerprint density at radius 3 is 2.69 bits per heavy atom. The minimum absolute atomic E-state index is 0.145. The van der Waals surface area contributed by atoms with Gasteiger partial charge in [-0.25, -0.2) is 9.78 Å².